The van der Waals surface area contributed by atoms with Crippen LogP contribution in [-0.2, 0) is 19.6 Å². The highest BCUT2D eigenvalue weighted by Crippen LogP contribution is 2.37. The van der Waals surface area contributed by atoms with Crippen molar-refractivity contribution in [2.75, 3.05) is 4.90 Å². The van der Waals surface area contributed by atoms with Gasteiger partial charge in [0.1, 0.15) is 11.7 Å². The quantitative estimate of drug-likeness (QED) is 0.405. The van der Waals surface area contributed by atoms with E-state index in [2.05, 4.69) is 4.72 Å². The van der Waals surface area contributed by atoms with Crippen molar-refractivity contribution in [3.63, 3.8) is 0 Å². The van der Waals surface area contributed by atoms with Gasteiger partial charge in [0.05, 0.1) is 4.90 Å². The Kier molecular flexibility index (Phi) is 7.54. The van der Waals surface area contributed by atoms with E-state index in [1.807, 2.05) is 30.3 Å². The van der Waals surface area contributed by atoms with Crippen LogP contribution < -0.4 is 9.62 Å². The van der Waals surface area contributed by atoms with E-state index < -0.39 is 33.6 Å². The maximum Gasteiger partial charge on any atom is 0.264 e. The first kappa shape index (κ1) is 25.6. The van der Waals surface area contributed by atoms with E-state index in [9.17, 15) is 22.4 Å². The first-order valence-corrected chi connectivity index (χ1v) is 13.4. The smallest absolute Gasteiger partial charge is 0.264 e. The molecule has 0 saturated heterocycles. The van der Waals surface area contributed by atoms with Gasteiger partial charge in [-0.2, -0.15) is 0 Å². The summed E-state index contributed by atoms with van der Waals surface area (Å²) in [6, 6.07) is 20.9. The minimum atomic E-state index is -4.19. The summed E-state index contributed by atoms with van der Waals surface area (Å²) >= 11 is 0. The van der Waals surface area contributed by atoms with Crippen molar-refractivity contribution in [1.82, 2.24) is 4.72 Å². The molecule has 0 aliphatic heterocycles. The van der Waals surface area contributed by atoms with E-state index in [1.54, 1.807) is 26.0 Å². The highest BCUT2D eigenvalue weighted by Gasteiger charge is 2.39. The van der Waals surface area contributed by atoms with Gasteiger partial charge in [0, 0.05) is 11.7 Å². The van der Waals surface area contributed by atoms with Gasteiger partial charge in [0.25, 0.3) is 10.0 Å². The fraction of sp³-hybridized carbons (Fsp3) is 0.286. The molecule has 0 spiro atoms. The number of hydrogen-bond acceptors (Lipinski definition) is 4. The fourth-order valence-corrected chi connectivity index (χ4v) is 5.20. The third-order valence-corrected chi connectivity index (χ3v) is 7.61. The first-order chi connectivity index (χ1) is 17.2. The molecule has 1 N–H and O–H groups in total. The van der Waals surface area contributed by atoms with Crippen molar-refractivity contribution < 1.29 is 22.4 Å². The average Bonchev–Trinajstić information content (AvgIpc) is 3.68. The van der Waals surface area contributed by atoms with Crippen molar-refractivity contribution in [3.8, 4) is 11.1 Å². The molecule has 1 atom stereocenters. The van der Waals surface area contributed by atoms with Crippen LogP contribution in [0, 0.1) is 17.7 Å². The summed E-state index contributed by atoms with van der Waals surface area (Å²) in [6.45, 7) is 3.58. The van der Waals surface area contributed by atoms with E-state index in [0.717, 1.165) is 24.0 Å². The minimum Gasteiger partial charge on any atom is -0.309 e. The van der Waals surface area contributed by atoms with Crippen LogP contribution in [0.25, 0.3) is 11.1 Å². The topological polar surface area (TPSA) is 83.6 Å². The van der Waals surface area contributed by atoms with Crippen LogP contribution in [0.15, 0.2) is 83.8 Å². The average molecular weight is 509 g/mol. The number of sulfonamides is 1. The molecule has 2 amide bonds. The largest absolute Gasteiger partial charge is 0.309 e. The van der Waals surface area contributed by atoms with Gasteiger partial charge in [0.15, 0.2) is 0 Å². The summed E-state index contributed by atoms with van der Waals surface area (Å²) in [7, 11) is -4.19. The Bertz CT molecular complexity index is 1320. The zero-order chi connectivity index (χ0) is 25.9. The molecule has 4 rings (SSSR count). The molecule has 0 radical (unpaired) electrons. The number of hydrogen-bond donors (Lipinski definition) is 1. The normalized spacial score (nSPS) is 14.3. The Balaban J connectivity index is 1.56. The van der Waals surface area contributed by atoms with Crippen LogP contribution in [-0.4, -0.2) is 26.3 Å². The molecular weight excluding hydrogens is 479 g/mol. The third-order valence-electron chi connectivity index (χ3n) is 6.25. The molecule has 3 aromatic rings. The standard InChI is InChI=1S/C28H29FN2O4S/c1-19(2)31(24-14-12-23(29)13-15-24)28(33)26(18-20-8-9-20)27(32)30-36(34,35)25-16-10-22(11-17-25)21-6-4-3-5-7-21/h3-7,10-17,19-20,26H,8-9,18H2,1-2H3,(H,30,32). The molecule has 0 aromatic heterocycles. The fourth-order valence-electron chi connectivity index (χ4n) is 4.18. The minimum absolute atomic E-state index is 0.0626. The predicted octanol–water partition coefficient (Wildman–Crippen LogP) is 5.16. The molecule has 0 heterocycles. The van der Waals surface area contributed by atoms with E-state index in [-0.39, 0.29) is 23.3 Å². The second-order valence-electron chi connectivity index (χ2n) is 9.37. The van der Waals surface area contributed by atoms with Crippen LogP contribution in [0.4, 0.5) is 10.1 Å². The zero-order valence-corrected chi connectivity index (χ0v) is 21.0. The lowest BCUT2D eigenvalue weighted by Crippen LogP contribution is -2.48. The Morgan fingerprint density at radius 2 is 1.50 bits per heavy atom. The molecule has 3 aromatic carbocycles. The van der Waals surface area contributed by atoms with Gasteiger partial charge >= 0.3 is 0 Å². The maximum atomic E-state index is 13.6. The van der Waals surface area contributed by atoms with Crippen LogP contribution in [0.3, 0.4) is 0 Å². The van der Waals surface area contributed by atoms with Crippen molar-refractivity contribution in [2.24, 2.45) is 11.8 Å². The first-order valence-electron chi connectivity index (χ1n) is 12.0. The van der Waals surface area contributed by atoms with Crippen molar-refractivity contribution in [3.05, 3.63) is 84.7 Å². The predicted molar refractivity (Wildman–Crippen MR) is 137 cm³/mol. The molecule has 36 heavy (non-hydrogen) atoms. The van der Waals surface area contributed by atoms with Crippen LogP contribution in [0.1, 0.15) is 33.1 Å². The second-order valence-corrected chi connectivity index (χ2v) is 11.1. The summed E-state index contributed by atoms with van der Waals surface area (Å²) in [4.78, 5) is 28.2. The summed E-state index contributed by atoms with van der Waals surface area (Å²) in [5.74, 6) is -2.78. The highest BCUT2D eigenvalue weighted by atomic mass is 32.2. The van der Waals surface area contributed by atoms with Gasteiger partial charge in [-0.05, 0) is 73.7 Å². The molecule has 8 heteroatoms. The molecule has 188 valence electrons. The summed E-state index contributed by atoms with van der Waals surface area (Å²) in [6.07, 6.45) is 2.05. The number of nitrogens with zero attached hydrogens (tertiary/aromatic N) is 1. The summed E-state index contributed by atoms with van der Waals surface area (Å²) in [5.41, 5.74) is 2.23. The molecule has 1 saturated carbocycles. The van der Waals surface area contributed by atoms with Gasteiger partial charge in [-0.1, -0.05) is 55.3 Å². The third kappa shape index (κ3) is 5.99. The number of rotatable bonds is 9. The second kappa shape index (κ2) is 10.6. The number of benzene rings is 3. The van der Waals surface area contributed by atoms with Gasteiger partial charge in [-0.15, -0.1) is 0 Å². The van der Waals surface area contributed by atoms with Gasteiger partial charge < -0.3 is 4.90 Å². The van der Waals surface area contributed by atoms with Gasteiger partial charge in [0.2, 0.25) is 11.8 Å². The summed E-state index contributed by atoms with van der Waals surface area (Å²) in [5, 5.41) is 0. The van der Waals surface area contributed by atoms with E-state index in [1.165, 1.54) is 41.3 Å². The van der Waals surface area contributed by atoms with Crippen molar-refractivity contribution in [2.45, 2.75) is 44.0 Å². The number of carbonyl (C=O) groups excluding carboxylic acids is 2. The van der Waals surface area contributed by atoms with Crippen molar-refractivity contribution >= 4 is 27.5 Å². The number of nitrogens with one attached hydrogen (secondary N) is 1. The number of anilines is 1. The van der Waals surface area contributed by atoms with Crippen LogP contribution in [0.2, 0.25) is 0 Å². The van der Waals surface area contributed by atoms with Gasteiger partial charge in [-0.25, -0.2) is 17.5 Å². The maximum absolute atomic E-state index is 13.6. The molecule has 1 fully saturated rings. The number of amides is 2. The molecule has 1 aliphatic carbocycles. The van der Waals surface area contributed by atoms with Crippen LogP contribution in [0.5, 0.6) is 0 Å². The molecule has 1 aliphatic rings. The summed E-state index contributed by atoms with van der Waals surface area (Å²) < 4.78 is 41.6. The highest BCUT2D eigenvalue weighted by molar-refractivity contribution is 7.90. The lowest BCUT2D eigenvalue weighted by atomic mass is 9.98. The number of halogens is 1. The van der Waals surface area contributed by atoms with E-state index >= 15 is 0 Å². The Hall–Kier alpha value is -3.52. The Morgan fingerprint density at radius 1 is 0.917 bits per heavy atom. The van der Waals surface area contributed by atoms with E-state index in [0.29, 0.717) is 5.69 Å². The molecule has 0 bridgehead atoms. The SMILES string of the molecule is CC(C)N(C(=O)C(CC1CC1)C(=O)NS(=O)(=O)c1ccc(-c2ccccc2)cc1)c1ccc(F)cc1. The van der Waals surface area contributed by atoms with Gasteiger partial charge in [-0.3, -0.25) is 9.59 Å². The van der Waals surface area contributed by atoms with Crippen molar-refractivity contribution in [1.29, 1.82) is 0 Å². The lowest BCUT2D eigenvalue weighted by molar-refractivity contribution is -0.133. The lowest BCUT2D eigenvalue weighted by Gasteiger charge is -2.30. The number of carbonyl (C=O) groups is 2. The molecular formula is C28H29FN2O4S. The zero-order valence-electron chi connectivity index (χ0n) is 20.2. The monoisotopic (exact) mass is 508 g/mol. The molecule has 6 nitrogen and oxygen atoms in total. The Morgan fingerprint density at radius 3 is 2.06 bits per heavy atom. The van der Waals surface area contributed by atoms with Crippen LogP contribution >= 0.6 is 0 Å². The molecule has 1 unspecified atom stereocenters. The van der Waals surface area contributed by atoms with E-state index in [4.69, 9.17) is 0 Å². The Labute approximate surface area is 211 Å².